The summed E-state index contributed by atoms with van der Waals surface area (Å²) in [6, 6.07) is 13.9. The largest absolute Gasteiger partial charge is 0.493 e. The summed E-state index contributed by atoms with van der Waals surface area (Å²) in [7, 11) is 4.94. The molecule has 0 saturated carbocycles. The molecular formula is C28H44ClN3O5. The van der Waals surface area contributed by atoms with E-state index in [4.69, 9.17) is 18.9 Å². The van der Waals surface area contributed by atoms with Gasteiger partial charge in [-0.3, -0.25) is 4.79 Å². The van der Waals surface area contributed by atoms with Crippen LogP contribution in [0.5, 0.6) is 11.5 Å². The molecule has 1 aliphatic rings. The summed E-state index contributed by atoms with van der Waals surface area (Å²) in [5.74, 6) is 1.73. The molecule has 1 unspecified atom stereocenters. The highest BCUT2D eigenvalue weighted by Gasteiger charge is 2.24. The molecule has 9 heteroatoms. The lowest BCUT2D eigenvalue weighted by molar-refractivity contribution is 0.0667. The third-order valence-corrected chi connectivity index (χ3v) is 5.88. The van der Waals surface area contributed by atoms with Crippen molar-refractivity contribution in [2.75, 3.05) is 67.3 Å². The molecule has 37 heavy (non-hydrogen) atoms. The second-order valence-electron chi connectivity index (χ2n) is 8.78. The molecule has 1 heterocycles. The number of nitrogens with zero attached hydrogens (tertiary/aromatic N) is 1. The van der Waals surface area contributed by atoms with Crippen LogP contribution in [-0.4, -0.2) is 78.1 Å². The van der Waals surface area contributed by atoms with Crippen LogP contribution in [0.25, 0.3) is 0 Å². The molecule has 1 amide bonds. The van der Waals surface area contributed by atoms with Gasteiger partial charge >= 0.3 is 0 Å². The Bertz CT molecular complexity index is 880. The van der Waals surface area contributed by atoms with Gasteiger partial charge in [-0.25, -0.2) is 5.25 Å². The van der Waals surface area contributed by atoms with Crippen LogP contribution < -0.4 is 20.0 Å². The summed E-state index contributed by atoms with van der Waals surface area (Å²) in [6.45, 7) is 8.91. The maximum atomic E-state index is 13.3. The number of carbonyl (C=O) groups excluding carboxylic acids is 1. The fraction of sp³-hybridized carbons (Fsp3) is 0.536. The minimum Gasteiger partial charge on any atom is -0.493 e. The summed E-state index contributed by atoms with van der Waals surface area (Å²) in [5.41, 5.74) is 2.81. The fourth-order valence-electron chi connectivity index (χ4n) is 4.00. The van der Waals surface area contributed by atoms with Gasteiger partial charge in [0.1, 0.15) is 0 Å². The van der Waals surface area contributed by atoms with Crippen molar-refractivity contribution in [2.24, 2.45) is 11.2 Å². The molecule has 1 aliphatic heterocycles. The average Bonchev–Trinajstić information content (AvgIpc) is 3.43. The molecule has 3 rings (SSSR count). The topological polar surface area (TPSA) is 95.3 Å². The Kier molecular flexibility index (Phi) is 17.4. The van der Waals surface area contributed by atoms with E-state index in [-0.39, 0.29) is 5.91 Å². The lowest BCUT2D eigenvalue weighted by atomic mass is 10.1. The first-order chi connectivity index (χ1) is 18.0. The molecule has 2 aromatic rings. The summed E-state index contributed by atoms with van der Waals surface area (Å²) in [5, 5.41) is 7.34. The number of hydrogen-bond acceptors (Lipinski definition) is 7. The van der Waals surface area contributed by atoms with Crippen LogP contribution in [0.1, 0.15) is 34.3 Å². The maximum absolute atomic E-state index is 13.3. The van der Waals surface area contributed by atoms with Gasteiger partial charge in [-0.05, 0) is 68.7 Å². The zero-order chi connectivity index (χ0) is 27.5. The zero-order valence-corrected chi connectivity index (χ0v) is 23.7. The monoisotopic (exact) mass is 537 g/mol. The molecule has 0 spiro atoms. The minimum atomic E-state index is -0.00329. The number of ether oxygens (including phenoxy) is 4. The third kappa shape index (κ3) is 12.2. The van der Waals surface area contributed by atoms with Crippen LogP contribution in [0.15, 0.2) is 42.5 Å². The molecule has 1 atom stereocenters. The van der Waals surface area contributed by atoms with Gasteiger partial charge in [0.05, 0.1) is 20.3 Å². The van der Waals surface area contributed by atoms with E-state index in [0.29, 0.717) is 49.3 Å². The van der Waals surface area contributed by atoms with Crippen molar-refractivity contribution in [3.05, 3.63) is 59.2 Å². The summed E-state index contributed by atoms with van der Waals surface area (Å²) in [4.78, 5) is 15.1. The normalized spacial score (nSPS) is 14.1. The zero-order valence-electron chi connectivity index (χ0n) is 22.9. The SMILES string of the molecule is COCCCOc1cc(C(=O)N(CCOC)CC2CCNC2)cc(C)c1OC.Cc1ccccc1.NCl. The van der Waals surface area contributed by atoms with Crippen LogP contribution in [0.2, 0.25) is 0 Å². The maximum Gasteiger partial charge on any atom is 0.254 e. The molecule has 208 valence electrons. The molecular weight excluding hydrogens is 494 g/mol. The van der Waals surface area contributed by atoms with E-state index < -0.39 is 0 Å². The molecule has 0 aliphatic carbocycles. The van der Waals surface area contributed by atoms with Crippen LogP contribution >= 0.6 is 11.8 Å². The van der Waals surface area contributed by atoms with Crippen LogP contribution in [0, 0.1) is 19.8 Å². The number of benzene rings is 2. The molecule has 0 radical (unpaired) electrons. The van der Waals surface area contributed by atoms with Gasteiger partial charge in [0.15, 0.2) is 11.5 Å². The van der Waals surface area contributed by atoms with Crippen molar-refractivity contribution in [1.82, 2.24) is 10.2 Å². The van der Waals surface area contributed by atoms with E-state index in [9.17, 15) is 4.79 Å². The summed E-state index contributed by atoms with van der Waals surface area (Å²) < 4.78 is 21.7. The van der Waals surface area contributed by atoms with Gasteiger partial charge in [0.25, 0.3) is 5.91 Å². The van der Waals surface area contributed by atoms with Gasteiger partial charge < -0.3 is 29.2 Å². The van der Waals surface area contributed by atoms with Gasteiger partial charge in [-0.15, -0.1) is 0 Å². The Morgan fingerprint density at radius 2 is 1.76 bits per heavy atom. The number of rotatable bonds is 12. The van der Waals surface area contributed by atoms with E-state index >= 15 is 0 Å². The highest BCUT2D eigenvalue weighted by molar-refractivity contribution is 6.11. The van der Waals surface area contributed by atoms with Gasteiger partial charge in [0.2, 0.25) is 0 Å². The summed E-state index contributed by atoms with van der Waals surface area (Å²) in [6.07, 6.45) is 1.86. The first kappa shape index (κ1) is 32.7. The molecule has 1 fully saturated rings. The number of hydrogen-bond donors (Lipinski definition) is 2. The standard InChI is InChI=1S/C21H34N2O5.C7H8.ClH2N/c1-16-12-18(13-19(20(16)27-4)28-10-5-9-25-2)21(24)23(8-11-26-3)15-17-6-7-22-14-17;1-7-5-3-2-4-6-7;1-2/h12-13,17,22H,5-11,14-15H2,1-4H3;2-6H,1H3;2H2. The lowest BCUT2D eigenvalue weighted by Crippen LogP contribution is -2.38. The van der Waals surface area contributed by atoms with Crippen molar-refractivity contribution in [2.45, 2.75) is 26.7 Å². The number of methoxy groups -OCH3 is 3. The fourth-order valence-corrected chi connectivity index (χ4v) is 4.00. The predicted molar refractivity (Wildman–Crippen MR) is 150 cm³/mol. The van der Waals surface area contributed by atoms with Crippen LogP contribution in [0.3, 0.4) is 0 Å². The smallest absolute Gasteiger partial charge is 0.254 e. The number of nitrogens with two attached hydrogens (primary N) is 1. The number of halogens is 1. The van der Waals surface area contributed by atoms with E-state index in [1.807, 2.05) is 36.1 Å². The Balaban J connectivity index is 0.000000645. The summed E-state index contributed by atoms with van der Waals surface area (Å²) >= 11 is 4.14. The first-order valence-corrected chi connectivity index (χ1v) is 13.0. The van der Waals surface area contributed by atoms with Crippen molar-refractivity contribution in [3.63, 3.8) is 0 Å². The second-order valence-corrected chi connectivity index (χ2v) is 8.78. The van der Waals surface area contributed by atoms with Crippen molar-refractivity contribution >= 4 is 17.7 Å². The van der Waals surface area contributed by atoms with Gasteiger partial charge in [-0.1, -0.05) is 35.9 Å². The van der Waals surface area contributed by atoms with E-state index in [1.54, 1.807) is 27.4 Å². The highest BCUT2D eigenvalue weighted by Crippen LogP contribution is 2.33. The average molecular weight is 538 g/mol. The van der Waals surface area contributed by atoms with E-state index in [0.717, 1.165) is 38.0 Å². The molecule has 0 bridgehead atoms. The van der Waals surface area contributed by atoms with Gasteiger partial charge in [-0.2, -0.15) is 0 Å². The lowest BCUT2D eigenvalue weighted by Gasteiger charge is -2.26. The predicted octanol–water partition coefficient (Wildman–Crippen LogP) is 4.21. The quantitative estimate of drug-likeness (QED) is 0.309. The van der Waals surface area contributed by atoms with Crippen LogP contribution in [0.4, 0.5) is 0 Å². The van der Waals surface area contributed by atoms with Gasteiger partial charge in [0, 0.05) is 45.9 Å². The number of aryl methyl sites for hydroxylation is 2. The molecule has 3 N–H and O–H groups in total. The van der Waals surface area contributed by atoms with Crippen molar-refractivity contribution in [1.29, 1.82) is 0 Å². The van der Waals surface area contributed by atoms with E-state index in [2.05, 4.69) is 41.4 Å². The molecule has 8 nitrogen and oxygen atoms in total. The molecule has 1 saturated heterocycles. The molecule has 0 aromatic heterocycles. The third-order valence-electron chi connectivity index (χ3n) is 5.88. The molecule has 2 aromatic carbocycles. The van der Waals surface area contributed by atoms with E-state index in [1.165, 1.54) is 5.56 Å². The number of carbonyl (C=O) groups is 1. The Morgan fingerprint density at radius 1 is 1.05 bits per heavy atom. The Labute approximate surface area is 227 Å². The highest BCUT2D eigenvalue weighted by atomic mass is 35.5. The number of amides is 1. The minimum absolute atomic E-state index is 0.00329. The van der Waals surface area contributed by atoms with Crippen molar-refractivity contribution in [3.8, 4) is 11.5 Å². The first-order valence-electron chi connectivity index (χ1n) is 12.5. The Hall–Kier alpha value is -2.36. The van der Waals surface area contributed by atoms with Crippen LogP contribution in [-0.2, 0) is 9.47 Å². The van der Waals surface area contributed by atoms with Crippen molar-refractivity contribution < 1.29 is 23.7 Å². The second kappa shape index (κ2) is 19.7. The Morgan fingerprint density at radius 3 is 2.30 bits per heavy atom. The number of nitrogens with one attached hydrogen (secondary N) is 1.